The first-order valence-corrected chi connectivity index (χ1v) is 19.3. The largest absolute Gasteiger partial charge is 0.344 e. The van der Waals surface area contributed by atoms with Gasteiger partial charge in [0, 0.05) is 12.0 Å². The smallest absolute Gasteiger partial charge is 0.251 e. The lowest BCUT2D eigenvalue weighted by molar-refractivity contribution is -0.131. The minimum absolute atomic E-state index is 0.0586. The number of carbonyl (C=O) groups is 4. The Bertz CT molecular complexity index is 2010. The van der Waals surface area contributed by atoms with Crippen molar-refractivity contribution in [3.8, 4) is 6.07 Å². The van der Waals surface area contributed by atoms with Crippen LogP contribution in [0.25, 0.3) is 0 Å². The summed E-state index contributed by atoms with van der Waals surface area (Å²) in [6.45, 7) is 2.10. The Morgan fingerprint density at radius 1 is 0.585 bits per heavy atom. The average molecular weight is 723 g/mol. The van der Waals surface area contributed by atoms with Crippen molar-refractivity contribution in [2.24, 2.45) is 5.92 Å². The third-order valence-corrected chi connectivity index (χ3v) is 13.3. The third-order valence-electron chi connectivity index (χ3n) is 9.04. The number of rotatable bonds is 14. The molecule has 5 rings (SSSR count). The van der Waals surface area contributed by atoms with Crippen LogP contribution < -0.4 is 31.9 Å². The Labute approximate surface area is 311 Å². The van der Waals surface area contributed by atoms with Crippen molar-refractivity contribution in [1.29, 1.82) is 5.26 Å². The van der Waals surface area contributed by atoms with Crippen LogP contribution in [0.1, 0.15) is 36.7 Å². The lowest BCUT2D eigenvalue weighted by Crippen LogP contribution is -2.56. The minimum atomic E-state index is -3.04. The molecule has 0 saturated carbocycles. The second-order valence-corrected chi connectivity index (χ2v) is 16.4. The van der Waals surface area contributed by atoms with Crippen LogP contribution in [0.3, 0.4) is 0 Å². The van der Waals surface area contributed by atoms with E-state index < -0.39 is 54.4 Å². The number of hydrogen-bond donors (Lipinski definition) is 3. The van der Waals surface area contributed by atoms with Crippen LogP contribution >= 0.6 is 6.89 Å². The molecule has 3 N–H and O–H groups in total. The minimum Gasteiger partial charge on any atom is -0.344 e. The van der Waals surface area contributed by atoms with Crippen LogP contribution in [0.4, 0.5) is 0 Å². The third kappa shape index (κ3) is 8.89. The molecule has 0 spiro atoms. The van der Waals surface area contributed by atoms with Gasteiger partial charge in [0.05, 0.1) is 6.04 Å². The zero-order chi connectivity index (χ0) is 37.8. The van der Waals surface area contributed by atoms with E-state index in [0.29, 0.717) is 5.56 Å². The molecule has 53 heavy (non-hydrogen) atoms. The van der Waals surface area contributed by atoms with Crippen LogP contribution in [-0.4, -0.2) is 46.9 Å². The number of ketones is 1. The van der Waals surface area contributed by atoms with Gasteiger partial charge in [-0.05, 0) is 53.3 Å². The van der Waals surface area contributed by atoms with Gasteiger partial charge in [0.15, 0.2) is 5.78 Å². The second-order valence-electron chi connectivity index (χ2n) is 13.0. The van der Waals surface area contributed by atoms with Crippen molar-refractivity contribution in [2.75, 3.05) is 0 Å². The number of nitriles is 1. The van der Waals surface area contributed by atoms with Gasteiger partial charge in [0.1, 0.15) is 23.4 Å². The van der Waals surface area contributed by atoms with E-state index >= 15 is 0 Å². The van der Waals surface area contributed by atoms with E-state index in [0.717, 1.165) is 21.5 Å². The summed E-state index contributed by atoms with van der Waals surface area (Å²) in [7, 11) is 0. The fraction of sp³-hybridized carbons (Fsp3) is 0.182. The molecule has 0 heterocycles. The van der Waals surface area contributed by atoms with Gasteiger partial charge in [-0.3, -0.25) is 19.2 Å². The fourth-order valence-electron chi connectivity index (χ4n) is 6.31. The topological polar surface area (TPSA) is 128 Å². The number of Topliss-reactive ketones (excluding diaryl/α,β-unsaturated/α-hetero) is 1. The maximum absolute atomic E-state index is 14.8. The van der Waals surface area contributed by atoms with Crippen LogP contribution in [0.2, 0.25) is 0 Å². The molecule has 268 valence electrons. The van der Waals surface area contributed by atoms with Gasteiger partial charge >= 0.3 is 0 Å². The van der Waals surface area contributed by atoms with E-state index in [-0.39, 0.29) is 11.7 Å². The van der Waals surface area contributed by atoms with E-state index in [1.54, 1.807) is 30.3 Å². The number of hydrogen-bond acceptors (Lipinski definition) is 5. The highest BCUT2D eigenvalue weighted by atomic mass is 31.2. The van der Waals surface area contributed by atoms with E-state index in [1.807, 2.05) is 135 Å². The van der Waals surface area contributed by atoms with Crippen LogP contribution in [0.5, 0.6) is 0 Å². The van der Waals surface area contributed by atoms with E-state index in [4.69, 9.17) is 0 Å². The molecular weight excluding hydrogens is 679 g/mol. The van der Waals surface area contributed by atoms with Crippen molar-refractivity contribution >= 4 is 51.6 Å². The predicted octanol–water partition coefficient (Wildman–Crippen LogP) is 4.93. The second kappa shape index (κ2) is 17.9. The van der Waals surface area contributed by atoms with Crippen molar-refractivity contribution < 1.29 is 19.2 Å². The number of carbonyl (C=O) groups excluding carboxylic acids is 4. The molecule has 0 bridgehead atoms. The molecule has 0 aliphatic carbocycles. The van der Waals surface area contributed by atoms with E-state index in [9.17, 15) is 24.4 Å². The van der Waals surface area contributed by atoms with Gasteiger partial charge in [0.2, 0.25) is 11.8 Å². The van der Waals surface area contributed by atoms with Gasteiger partial charge in [-0.15, -0.1) is 0 Å². The summed E-state index contributed by atoms with van der Waals surface area (Å²) in [6, 6.07) is 45.8. The number of nitrogens with one attached hydrogen (secondary N) is 3. The lowest BCUT2D eigenvalue weighted by atomic mass is 9.97. The highest BCUT2D eigenvalue weighted by Crippen LogP contribution is 2.46. The first kappa shape index (κ1) is 38.2. The highest BCUT2D eigenvalue weighted by Gasteiger charge is 2.38. The summed E-state index contributed by atoms with van der Waals surface area (Å²) in [5, 5.41) is 22.0. The number of benzene rings is 5. The summed E-state index contributed by atoms with van der Waals surface area (Å²) < 4.78 is 0. The molecule has 3 amide bonds. The molecule has 0 aliphatic rings. The predicted molar refractivity (Wildman–Crippen MR) is 213 cm³/mol. The first-order chi connectivity index (χ1) is 25.7. The average Bonchev–Trinajstić information content (AvgIpc) is 3.20. The molecule has 5 aromatic carbocycles. The van der Waals surface area contributed by atoms with Crippen LogP contribution in [-0.2, 0) is 20.8 Å². The Hall–Kier alpha value is -6.03. The normalized spacial score (nSPS) is 12.7. The van der Waals surface area contributed by atoms with Gasteiger partial charge in [-0.1, -0.05) is 153 Å². The Morgan fingerprint density at radius 3 is 1.45 bits per heavy atom. The molecule has 0 radical (unpaired) electrons. The highest BCUT2D eigenvalue weighted by molar-refractivity contribution is 7.97. The maximum Gasteiger partial charge on any atom is 0.251 e. The summed E-state index contributed by atoms with van der Waals surface area (Å²) in [5.74, 6) is -2.47. The quantitative estimate of drug-likeness (QED) is 0.140. The molecule has 0 saturated heterocycles. The van der Waals surface area contributed by atoms with Crippen molar-refractivity contribution in [2.45, 2.75) is 45.3 Å². The fourth-order valence-corrected chi connectivity index (χ4v) is 10.5. The zero-order valence-electron chi connectivity index (χ0n) is 30.0. The molecule has 3 atom stereocenters. The number of nitrogens with zero attached hydrogens (tertiary/aromatic N) is 1. The van der Waals surface area contributed by atoms with Gasteiger partial charge in [-0.25, -0.2) is 0 Å². The molecule has 8 nitrogen and oxygen atoms in total. The van der Waals surface area contributed by atoms with Crippen molar-refractivity contribution in [3.63, 3.8) is 0 Å². The molecule has 5 aromatic rings. The van der Waals surface area contributed by atoms with Crippen molar-refractivity contribution in [1.82, 2.24) is 16.0 Å². The summed E-state index contributed by atoms with van der Waals surface area (Å²) in [4.78, 5) is 55.5. The lowest BCUT2D eigenvalue weighted by Gasteiger charge is -2.32. The molecular formula is C44H43N4O4P. The Kier molecular flexibility index (Phi) is 12.9. The SMILES string of the molecule is CC(C)C(NC(=O)[C@H](C)NC(=O)[C@H](Cc1ccccc1)NC(=O)c1ccccc1)C(=O)C(C#N)=P(c1ccccc1)(c1ccccc1)c1ccccc1. The molecule has 9 heteroatoms. The van der Waals surface area contributed by atoms with Gasteiger partial charge in [0.25, 0.3) is 5.91 Å². The standard InChI is InChI=1S/C44H43N4O4P/c1-31(2)40(41(49)39(30-45)53(35-23-13-6-14-24-35,36-25-15-7-16-26-36)37-27-17-8-18-28-37)48-42(50)32(3)46-44(52)38(29-33-19-9-4-10-20-33)47-43(51)34-21-11-5-12-22-34/h4-28,31-32,38,40H,29H2,1-3H3,(H,46,52)(H,47,51)(H,48,50)/t32-,38-,40?/m0/s1. The molecule has 0 aliphatic heterocycles. The zero-order valence-corrected chi connectivity index (χ0v) is 30.9. The van der Waals surface area contributed by atoms with Crippen molar-refractivity contribution in [3.05, 3.63) is 163 Å². The van der Waals surface area contributed by atoms with E-state index in [1.165, 1.54) is 6.92 Å². The molecule has 1 unspecified atom stereocenters. The van der Waals surface area contributed by atoms with Gasteiger partial charge in [-0.2, -0.15) is 5.26 Å². The summed E-state index contributed by atoms with van der Waals surface area (Å²) in [5.41, 5.74) is 1.22. The van der Waals surface area contributed by atoms with Gasteiger partial charge < -0.3 is 16.0 Å². The monoisotopic (exact) mass is 722 g/mol. The Balaban J connectivity index is 1.47. The van der Waals surface area contributed by atoms with Crippen LogP contribution in [0, 0.1) is 17.2 Å². The maximum atomic E-state index is 14.8. The molecule has 0 aromatic heterocycles. The molecule has 0 fully saturated rings. The Morgan fingerprint density at radius 2 is 1.02 bits per heavy atom. The van der Waals surface area contributed by atoms with Crippen LogP contribution in [0.15, 0.2) is 152 Å². The first-order valence-electron chi connectivity index (χ1n) is 17.5. The van der Waals surface area contributed by atoms with E-state index in [2.05, 4.69) is 22.0 Å². The summed E-state index contributed by atoms with van der Waals surface area (Å²) >= 11 is 0. The summed E-state index contributed by atoms with van der Waals surface area (Å²) in [6.07, 6.45) is 0.192. The number of amides is 3.